The van der Waals surface area contributed by atoms with Gasteiger partial charge in [0, 0.05) is 18.0 Å². The van der Waals surface area contributed by atoms with Gasteiger partial charge < -0.3 is 9.84 Å². The van der Waals surface area contributed by atoms with E-state index in [1.165, 1.54) is 13.3 Å². The molecule has 0 aliphatic rings. The number of nitrogens with zero attached hydrogens (tertiary/aromatic N) is 1. The summed E-state index contributed by atoms with van der Waals surface area (Å²) in [6.45, 7) is 3.45. The molecule has 74 valence electrons. The minimum atomic E-state index is -1.06. The number of aliphatic hydroxyl groups excluding tert-OH is 1. The zero-order valence-corrected chi connectivity index (χ0v) is 7.80. The highest BCUT2D eigenvalue weighted by atomic mass is 16.5. The van der Waals surface area contributed by atoms with E-state index in [4.69, 9.17) is 0 Å². The SMILES string of the molecule is C=C(C(=O)OC)[C@@H](O)c1cccnc1. The van der Waals surface area contributed by atoms with E-state index in [0.717, 1.165) is 0 Å². The number of rotatable bonds is 3. The van der Waals surface area contributed by atoms with Crippen LogP contribution in [0.5, 0.6) is 0 Å². The molecule has 0 unspecified atom stereocenters. The fourth-order valence-corrected chi connectivity index (χ4v) is 0.982. The Kier molecular flexibility index (Phi) is 3.36. The summed E-state index contributed by atoms with van der Waals surface area (Å²) in [5.74, 6) is -0.624. The lowest BCUT2D eigenvalue weighted by Gasteiger charge is -2.11. The fourth-order valence-electron chi connectivity index (χ4n) is 0.982. The second-order valence-electron chi connectivity index (χ2n) is 2.71. The van der Waals surface area contributed by atoms with E-state index >= 15 is 0 Å². The lowest BCUT2D eigenvalue weighted by atomic mass is 10.1. The summed E-state index contributed by atoms with van der Waals surface area (Å²) in [5.41, 5.74) is 0.517. The van der Waals surface area contributed by atoms with Crippen molar-refractivity contribution in [3.63, 3.8) is 0 Å². The standard InChI is InChI=1S/C10H11NO3/c1-7(10(13)14-2)9(12)8-4-3-5-11-6-8/h3-6,9,12H,1H2,2H3/t9-/m1/s1. The van der Waals surface area contributed by atoms with Crippen molar-refractivity contribution in [3.8, 4) is 0 Å². The Morgan fingerprint density at radius 1 is 1.71 bits per heavy atom. The zero-order chi connectivity index (χ0) is 10.6. The number of carbonyl (C=O) groups is 1. The van der Waals surface area contributed by atoms with Crippen molar-refractivity contribution in [3.05, 3.63) is 42.2 Å². The van der Waals surface area contributed by atoms with Crippen molar-refractivity contribution in [2.24, 2.45) is 0 Å². The van der Waals surface area contributed by atoms with Gasteiger partial charge in [-0.25, -0.2) is 4.79 Å². The molecule has 0 aromatic carbocycles. The molecule has 0 amide bonds. The summed E-state index contributed by atoms with van der Waals surface area (Å²) in [4.78, 5) is 14.8. The van der Waals surface area contributed by atoms with Crippen LogP contribution in [0.3, 0.4) is 0 Å². The maximum atomic E-state index is 11.0. The molecule has 0 bridgehead atoms. The second-order valence-corrected chi connectivity index (χ2v) is 2.71. The van der Waals surface area contributed by atoms with Gasteiger partial charge in [0.15, 0.2) is 0 Å². The maximum absolute atomic E-state index is 11.0. The van der Waals surface area contributed by atoms with Gasteiger partial charge in [-0.3, -0.25) is 4.98 Å². The van der Waals surface area contributed by atoms with E-state index in [1.54, 1.807) is 18.3 Å². The number of methoxy groups -OCH3 is 1. The Labute approximate surface area is 81.9 Å². The van der Waals surface area contributed by atoms with Crippen molar-refractivity contribution in [1.82, 2.24) is 4.98 Å². The van der Waals surface area contributed by atoms with Crippen LogP contribution in [0.4, 0.5) is 0 Å². The lowest BCUT2D eigenvalue weighted by molar-refractivity contribution is -0.137. The van der Waals surface area contributed by atoms with Crippen molar-refractivity contribution >= 4 is 5.97 Å². The van der Waals surface area contributed by atoms with Crippen LogP contribution in [0.15, 0.2) is 36.7 Å². The highest BCUT2D eigenvalue weighted by Crippen LogP contribution is 2.19. The Morgan fingerprint density at radius 3 is 2.93 bits per heavy atom. The quantitative estimate of drug-likeness (QED) is 0.571. The molecular weight excluding hydrogens is 182 g/mol. The number of pyridine rings is 1. The third-order valence-electron chi connectivity index (χ3n) is 1.78. The van der Waals surface area contributed by atoms with E-state index in [1.807, 2.05) is 0 Å². The van der Waals surface area contributed by atoms with Crippen molar-refractivity contribution in [2.45, 2.75) is 6.10 Å². The molecule has 4 heteroatoms. The average molecular weight is 193 g/mol. The Hall–Kier alpha value is -1.68. The maximum Gasteiger partial charge on any atom is 0.336 e. The van der Waals surface area contributed by atoms with E-state index in [-0.39, 0.29) is 5.57 Å². The summed E-state index contributed by atoms with van der Waals surface area (Å²) in [5, 5.41) is 9.65. The van der Waals surface area contributed by atoms with Crippen molar-refractivity contribution in [1.29, 1.82) is 0 Å². The molecule has 0 fully saturated rings. The molecule has 4 nitrogen and oxygen atoms in total. The minimum Gasteiger partial charge on any atom is -0.466 e. The van der Waals surface area contributed by atoms with Crippen molar-refractivity contribution < 1.29 is 14.6 Å². The number of aromatic nitrogens is 1. The van der Waals surface area contributed by atoms with E-state index in [0.29, 0.717) is 5.56 Å². The molecule has 14 heavy (non-hydrogen) atoms. The van der Waals surface area contributed by atoms with Crippen molar-refractivity contribution in [2.75, 3.05) is 7.11 Å². The summed E-state index contributed by atoms with van der Waals surface area (Å²) < 4.78 is 4.44. The zero-order valence-electron chi connectivity index (χ0n) is 7.80. The largest absolute Gasteiger partial charge is 0.466 e. The molecule has 0 spiro atoms. The van der Waals surface area contributed by atoms with Gasteiger partial charge in [0.1, 0.15) is 6.10 Å². The van der Waals surface area contributed by atoms with Gasteiger partial charge in [-0.15, -0.1) is 0 Å². The molecule has 1 rings (SSSR count). The number of esters is 1. The first-order chi connectivity index (χ1) is 6.66. The second kappa shape index (κ2) is 4.53. The third-order valence-corrected chi connectivity index (χ3v) is 1.78. The highest BCUT2D eigenvalue weighted by molar-refractivity contribution is 5.88. The van der Waals surface area contributed by atoms with Crippen LogP contribution in [0.25, 0.3) is 0 Å². The number of carbonyl (C=O) groups excluding carboxylic acids is 1. The molecule has 0 saturated carbocycles. The van der Waals surface area contributed by atoms with Crippen LogP contribution in [-0.2, 0) is 9.53 Å². The smallest absolute Gasteiger partial charge is 0.336 e. The fraction of sp³-hybridized carbons (Fsp3) is 0.200. The Bertz CT molecular complexity index is 334. The van der Waals surface area contributed by atoms with Gasteiger partial charge in [0.05, 0.1) is 12.7 Å². The van der Waals surface area contributed by atoms with Gasteiger partial charge in [0.2, 0.25) is 0 Å². The Morgan fingerprint density at radius 2 is 2.43 bits per heavy atom. The predicted octanol–water partition coefficient (Wildman–Crippen LogP) is 0.844. The monoisotopic (exact) mass is 193 g/mol. The van der Waals surface area contributed by atoms with Gasteiger partial charge >= 0.3 is 5.97 Å². The van der Waals surface area contributed by atoms with Crippen LogP contribution in [-0.4, -0.2) is 23.2 Å². The van der Waals surface area contributed by atoms with Crippen LogP contribution >= 0.6 is 0 Å². The van der Waals surface area contributed by atoms with Gasteiger partial charge in [0.25, 0.3) is 0 Å². The average Bonchev–Trinajstić information content (AvgIpc) is 2.27. The summed E-state index contributed by atoms with van der Waals surface area (Å²) in [6, 6.07) is 3.33. The third kappa shape index (κ3) is 2.17. The van der Waals surface area contributed by atoms with E-state index in [2.05, 4.69) is 16.3 Å². The van der Waals surface area contributed by atoms with Crippen LogP contribution in [0.2, 0.25) is 0 Å². The molecule has 0 saturated heterocycles. The molecule has 1 heterocycles. The molecule has 0 radical (unpaired) electrons. The molecule has 1 N–H and O–H groups in total. The first kappa shape index (κ1) is 10.4. The first-order valence-corrected chi connectivity index (χ1v) is 4.02. The molecule has 1 aromatic heterocycles. The lowest BCUT2D eigenvalue weighted by Crippen LogP contribution is -2.12. The van der Waals surface area contributed by atoms with Crippen LogP contribution in [0, 0.1) is 0 Å². The van der Waals surface area contributed by atoms with Gasteiger partial charge in [-0.2, -0.15) is 0 Å². The highest BCUT2D eigenvalue weighted by Gasteiger charge is 2.18. The topological polar surface area (TPSA) is 59.4 Å². The summed E-state index contributed by atoms with van der Waals surface area (Å²) in [7, 11) is 1.24. The molecule has 0 aliphatic carbocycles. The van der Waals surface area contributed by atoms with E-state index < -0.39 is 12.1 Å². The molecular formula is C10H11NO3. The number of ether oxygens (including phenoxy) is 1. The van der Waals surface area contributed by atoms with Gasteiger partial charge in [-0.1, -0.05) is 12.6 Å². The number of hydrogen-bond donors (Lipinski definition) is 1. The summed E-state index contributed by atoms with van der Waals surface area (Å²) >= 11 is 0. The first-order valence-electron chi connectivity index (χ1n) is 4.02. The minimum absolute atomic E-state index is 0.000463. The summed E-state index contributed by atoms with van der Waals surface area (Å²) in [6.07, 6.45) is 1.99. The predicted molar refractivity (Wildman–Crippen MR) is 50.4 cm³/mol. The van der Waals surface area contributed by atoms with E-state index in [9.17, 15) is 9.90 Å². The van der Waals surface area contributed by atoms with Crippen LogP contribution < -0.4 is 0 Å². The number of aliphatic hydroxyl groups is 1. The molecule has 1 atom stereocenters. The molecule has 0 aliphatic heterocycles. The van der Waals surface area contributed by atoms with Crippen LogP contribution in [0.1, 0.15) is 11.7 Å². The number of hydrogen-bond acceptors (Lipinski definition) is 4. The normalized spacial score (nSPS) is 11.9. The molecule has 1 aromatic rings. The Balaban J connectivity index is 2.81. The van der Waals surface area contributed by atoms with Gasteiger partial charge in [-0.05, 0) is 6.07 Å².